The van der Waals surface area contributed by atoms with Gasteiger partial charge in [0, 0.05) is 22.9 Å². The van der Waals surface area contributed by atoms with Gasteiger partial charge in [0.25, 0.3) is 0 Å². The Labute approximate surface area is 126 Å². The minimum atomic E-state index is -4.85. The zero-order chi connectivity index (χ0) is 16.3. The molecule has 0 amide bonds. The van der Waals surface area contributed by atoms with E-state index in [1.54, 1.807) is 0 Å². The van der Waals surface area contributed by atoms with Crippen LogP contribution in [0.1, 0.15) is 0 Å². The fraction of sp³-hybridized carbons (Fsp3) is 0.0833. The molecule has 0 bridgehead atoms. The highest BCUT2D eigenvalue weighted by Crippen LogP contribution is 2.30. The molecule has 0 saturated heterocycles. The van der Waals surface area contributed by atoms with Crippen molar-refractivity contribution < 1.29 is 27.8 Å². The quantitative estimate of drug-likeness (QED) is 0.870. The Kier molecular flexibility index (Phi) is 4.36. The summed E-state index contributed by atoms with van der Waals surface area (Å²) in [5, 5.41) is 12.4. The summed E-state index contributed by atoms with van der Waals surface area (Å²) < 4.78 is 41.5. The van der Waals surface area contributed by atoms with Gasteiger partial charge in [0.05, 0.1) is 0 Å². The van der Waals surface area contributed by atoms with E-state index in [0.717, 1.165) is 29.1 Å². The summed E-state index contributed by atoms with van der Waals surface area (Å²) in [4.78, 5) is 14.2. The molecule has 1 aromatic carbocycles. The molecule has 0 atom stereocenters. The summed E-state index contributed by atoms with van der Waals surface area (Å²) in [5.74, 6) is -1.63. The molecular formula is C12H7ClF3N3O3. The number of aliphatic carboxylic acids is 1. The molecule has 1 aromatic heterocycles. The largest absolute Gasteiger partial charge is 0.573 e. The molecule has 0 aliphatic carbocycles. The molecular weight excluding hydrogens is 327 g/mol. The van der Waals surface area contributed by atoms with Gasteiger partial charge in [-0.2, -0.15) is 0 Å². The Bertz CT molecular complexity index is 728. The summed E-state index contributed by atoms with van der Waals surface area (Å²) in [6.07, 6.45) is -1.70. The Balaban J connectivity index is 2.31. The maximum Gasteiger partial charge on any atom is 0.573 e. The number of carboxylic acids is 1. The fourth-order valence-corrected chi connectivity index (χ4v) is 1.73. The lowest BCUT2D eigenvalue weighted by Crippen LogP contribution is -2.17. The summed E-state index contributed by atoms with van der Waals surface area (Å²) >= 11 is 5.74. The molecule has 1 N–H and O–H groups in total. The first-order valence-electron chi connectivity index (χ1n) is 5.62. The zero-order valence-electron chi connectivity index (χ0n) is 10.6. The maximum atomic E-state index is 12.2. The van der Waals surface area contributed by atoms with Crippen LogP contribution in [0.2, 0.25) is 5.02 Å². The number of alkyl halides is 3. The molecule has 0 radical (unpaired) electrons. The van der Waals surface area contributed by atoms with E-state index in [-0.39, 0.29) is 16.4 Å². The predicted octanol–water partition coefficient (Wildman–Crippen LogP) is 3.05. The van der Waals surface area contributed by atoms with Gasteiger partial charge in [-0.25, -0.2) is 14.5 Å². The van der Waals surface area contributed by atoms with Crippen LogP contribution in [0.15, 0.2) is 30.6 Å². The Hall–Kier alpha value is -2.55. The van der Waals surface area contributed by atoms with Crippen LogP contribution >= 0.6 is 11.6 Å². The first-order chi connectivity index (χ1) is 10.2. The van der Waals surface area contributed by atoms with Gasteiger partial charge in [-0.1, -0.05) is 11.6 Å². The number of rotatable bonds is 4. The average molecular weight is 334 g/mol. The van der Waals surface area contributed by atoms with E-state index in [1.807, 2.05) is 0 Å². The molecule has 2 aromatic rings. The van der Waals surface area contributed by atoms with Crippen molar-refractivity contribution in [3.63, 3.8) is 0 Å². The Morgan fingerprint density at radius 3 is 2.73 bits per heavy atom. The maximum absolute atomic E-state index is 12.2. The van der Waals surface area contributed by atoms with E-state index >= 15 is 0 Å². The van der Waals surface area contributed by atoms with E-state index in [1.165, 1.54) is 12.4 Å². The second-order valence-corrected chi connectivity index (χ2v) is 4.36. The summed E-state index contributed by atoms with van der Waals surface area (Å²) in [7, 11) is 0. The summed E-state index contributed by atoms with van der Waals surface area (Å²) in [6.45, 7) is 0. The molecule has 1 heterocycles. The molecule has 0 fully saturated rings. The Morgan fingerprint density at radius 1 is 1.36 bits per heavy atom. The lowest BCUT2D eigenvalue weighted by atomic mass is 10.2. The van der Waals surface area contributed by atoms with Crippen LogP contribution in [-0.4, -0.2) is 32.2 Å². The molecule has 2 rings (SSSR count). The van der Waals surface area contributed by atoms with Crippen molar-refractivity contribution >= 4 is 23.8 Å². The van der Waals surface area contributed by atoms with Gasteiger partial charge in [-0.3, -0.25) is 0 Å². The van der Waals surface area contributed by atoms with Gasteiger partial charge in [0.2, 0.25) is 0 Å². The average Bonchev–Trinajstić information content (AvgIpc) is 2.82. The SMILES string of the molecule is O=C(O)/C=C\n1cnc(-c2cc(Cl)cc(OC(F)(F)F)c2)n1. The first-order valence-corrected chi connectivity index (χ1v) is 6.00. The van der Waals surface area contributed by atoms with Crippen LogP contribution in [0.25, 0.3) is 17.6 Å². The van der Waals surface area contributed by atoms with Gasteiger partial charge in [0.15, 0.2) is 5.82 Å². The van der Waals surface area contributed by atoms with E-state index in [0.29, 0.717) is 0 Å². The molecule has 22 heavy (non-hydrogen) atoms. The number of halogens is 4. The second-order valence-electron chi connectivity index (χ2n) is 3.93. The molecule has 0 aliphatic heterocycles. The molecule has 0 unspecified atom stereocenters. The Morgan fingerprint density at radius 2 is 2.09 bits per heavy atom. The van der Waals surface area contributed by atoms with Gasteiger partial charge in [0.1, 0.15) is 12.1 Å². The van der Waals surface area contributed by atoms with Crippen molar-refractivity contribution in [2.24, 2.45) is 0 Å². The van der Waals surface area contributed by atoms with E-state index in [2.05, 4.69) is 14.8 Å². The number of nitrogens with zero attached hydrogens (tertiary/aromatic N) is 3. The number of carboxylic acid groups (broad SMARTS) is 1. The second kappa shape index (κ2) is 6.06. The highest BCUT2D eigenvalue weighted by atomic mass is 35.5. The smallest absolute Gasteiger partial charge is 0.478 e. The molecule has 0 spiro atoms. The van der Waals surface area contributed by atoms with Crippen molar-refractivity contribution in [2.45, 2.75) is 6.36 Å². The number of benzene rings is 1. The first kappa shape index (κ1) is 15.8. The van der Waals surface area contributed by atoms with Crippen molar-refractivity contribution in [1.82, 2.24) is 14.8 Å². The summed E-state index contributed by atoms with van der Waals surface area (Å²) in [5.41, 5.74) is 0.189. The highest BCUT2D eigenvalue weighted by Gasteiger charge is 2.31. The standard InChI is InChI=1S/C12H7ClF3N3O3/c13-8-3-7(4-9(5-8)22-12(14,15)16)11-17-6-19(18-11)2-1-10(20)21/h1-6H,(H,20,21)/b2-1-. The van der Waals surface area contributed by atoms with Crippen LogP contribution in [-0.2, 0) is 4.79 Å². The number of ether oxygens (including phenoxy) is 1. The number of carbonyl (C=O) groups is 1. The third-order valence-electron chi connectivity index (χ3n) is 2.24. The van der Waals surface area contributed by atoms with E-state index < -0.39 is 18.1 Å². The third-order valence-corrected chi connectivity index (χ3v) is 2.46. The number of hydrogen-bond acceptors (Lipinski definition) is 4. The fourth-order valence-electron chi connectivity index (χ4n) is 1.50. The van der Waals surface area contributed by atoms with Gasteiger partial charge < -0.3 is 9.84 Å². The highest BCUT2D eigenvalue weighted by molar-refractivity contribution is 6.31. The molecule has 6 nitrogen and oxygen atoms in total. The minimum absolute atomic E-state index is 0.00850. The van der Waals surface area contributed by atoms with Gasteiger partial charge >= 0.3 is 12.3 Å². The lowest BCUT2D eigenvalue weighted by molar-refractivity contribution is -0.274. The van der Waals surface area contributed by atoms with Gasteiger partial charge in [-0.15, -0.1) is 18.3 Å². The van der Waals surface area contributed by atoms with Crippen LogP contribution in [0.5, 0.6) is 5.75 Å². The topological polar surface area (TPSA) is 77.2 Å². The monoisotopic (exact) mass is 333 g/mol. The number of aromatic nitrogens is 3. The van der Waals surface area contributed by atoms with Crippen LogP contribution < -0.4 is 4.74 Å². The third kappa shape index (κ3) is 4.48. The van der Waals surface area contributed by atoms with Gasteiger partial charge in [-0.05, 0) is 18.2 Å². The van der Waals surface area contributed by atoms with Crippen LogP contribution in [0, 0.1) is 0 Å². The molecule has 0 aliphatic rings. The normalized spacial score (nSPS) is 11.8. The van der Waals surface area contributed by atoms with Crippen molar-refractivity contribution in [3.05, 3.63) is 35.6 Å². The van der Waals surface area contributed by atoms with Crippen LogP contribution in [0.3, 0.4) is 0 Å². The molecule has 10 heteroatoms. The lowest BCUT2D eigenvalue weighted by Gasteiger charge is -2.09. The van der Waals surface area contributed by atoms with Crippen molar-refractivity contribution in [2.75, 3.05) is 0 Å². The van der Waals surface area contributed by atoms with E-state index in [9.17, 15) is 18.0 Å². The van der Waals surface area contributed by atoms with Crippen molar-refractivity contribution in [3.8, 4) is 17.1 Å². The summed E-state index contributed by atoms with van der Waals surface area (Å²) in [6, 6.07) is 3.42. The molecule has 0 saturated carbocycles. The predicted molar refractivity (Wildman–Crippen MR) is 70.1 cm³/mol. The molecule has 116 valence electrons. The van der Waals surface area contributed by atoms with Crippen LogP contribution in [0.4, 0.5) is 13.2 Å². The number of hydrogen-bond donors (Lipinski definition) is 1. The minimum Gasteiger partial charge on any atom is -0.478 e. The zero-order valence-corrected chi connectivity index (χ0v) is 11.3. The van der Waals surface area contributed by atoms with Crippen molar-refractivity contribution in [1.29, 1.82) is 0 Å². The van der Waals surface area contributed by atoms with E-state index in [4.69, 9.17) is 16.7 Å².